The number of hydrogen-bond donors (Lipinski definition) is 3. The largest absolute Gasteiger partial charge is 0.416 e. The molecule has 1 saturated heterocycles. The highest BCUT2D eigenvalue weighted by Crippen LogP contribution is 2.38. The molecule has 0 radical (unpaired) electrons. The van der Waals surface area contributed by atoms with Crippen molar-refractivity contribution in [2.75, 3.05) is 23.3 Å². The van der Waals surface area contributed by atoms with Gasteiger partial charge in [0.2, 0.25) is 11.5 Å². The molecule has 3 heterocycles. The molecule has 3 N–H and O–H groups in total. The van der Waals surface area contributed by atoms with Crippen LogP contribution in [0.1, 0.15) is 36.9 Å². The zero-order valence-corrected chi connectivity index (χ0v) is 21.9. The highest BCUT2D eigenvalue weighted by molar-refractivity contribution is 5.93. The lowest BCUT2D eigenvalue weighted by atomic mass is 10.0. The SMILES string of the molecule is CC(=O)Nc1ccc(C(F)(F)F)cc1N1CCC(n2c(=N)n(Cc3cccc4[nH]ccc34)c3ccccc32)CC1. The van der Waals surface area contributed by atoms with Gasteiger partial charge in [0.05, 0.1) is 34.5 Å². The number of nitrogens with one attached hydrogen (secondary N) is 3. The summed E-state index contributed by atoms with van der Waals surface area (Å²) in [6.45, 7) is 2.87. The smallest absolute Gasteiger partial charge is 0.370 e. The van der Waals surface area contributed by atoms with Crippen LogP contribution < -0.4 is 15.8 Å². The summed E-state index contributed by atoms with van der Waals surface area (Å²) in [7, 11) is 0. The lowest BCUT2D eigenvalue weighted by molar-refractivity contribution is -0.137. The number of aromatic nitrogens is 3. The molecule has 0 spiro atoms. The summed E-state index contributed by atoms with van der Waals surface area (Å²) in [6.07, 6.45) is -1.27. The molecule has 0 unspecified atom stereocenters. The summed E-state index contributed by atoms with van der Waals surface area (Å²) in [4.78, 5) is 16.9. The predicted molar refractivity (Wildman–Crippen MR) is 149 cm³/mol. The average Bonchev–Trinajstić information content (AvgIpc) is 3.52. The number of alkyl halides is 3. The summed E-state index contributed by atoms with van der Waals surface area (Å²) in [5.41, 5.74) is 4.47. The van der Waals surface area contributed by atoms with E-state index in [2.05, 4.69) is 20.9 Å². The molecule has 7 nitrogen and oxygen atoms in total. The second-order valence-electron chi connectivity index (χ2n) is 10.3. The lowest BCUT2D eigenvalue weighted by Crippen LogP contribution is -2.38. The van der Waals surface area contributed by atoms with Gasteiger partial charge in [0.15, 0.2) is 0 Å². The lowest BCUT2D eigenvalue weighted by Gasteiger charge is -2.35. The summed E-state index contributed by atoms with van der Waals surface area (Å²) >= 11 is 0. The van der Waals surface area contributed by atoms with Crippen LogP contribution >= 0.6 is 0 Å². The molecule has 0 bridgehead atoms. The molecule has 1 aliphatic heterocycles. The number of carbonyl (C=O) groups excluding carboxylic acids is 1. The van der Waals surface area contributed by atoms with Crippen molar-refractivity contribution < 1.29 is 18.0 Å². The molecule has 1 aliphatic rings. The molecule has 6 rings (SSSR count). The van der Waals surface area contributed by atoms with E-state index in [9.17, 15) is 23.4 Å². The molecule has 1 fully saturated rings. The van der Waals surface area contributed by atoms with E-state index in [1.807, 2.05) is 58.1 Å². The van der Waals surface area contributed by atoms with Gasteiger partial charge in [-0.15, -0.1) is 0 Å². The fourth-order valence-electron chi connectivity index (χ4n) is 5.87. The highest BCUT2D eigenvalue weighted by Gasteiger charge is 2.33. The van der Waals surface area contributed by atoms with Gasteiger partial charge in [0.25, 0.3) is 0 Å². The number of fused-ring (bicyclic) bond motifs is 2. The van der Waals surface area contributed by atoms with Crippen molar-refractivity contribution >= 4 is 39.2 Å². The number of piperidine rings is 1. The Bertz CT molecular complexity index is 1770. The first-order valence-corrected chi connectivity index (χ1v) is 13.2. The minimum atomic E-state index is -4.48. The van der Waals surface area contributed by atoms with Gasteiger partial charge in [0.1, 0.15) is 0 Å². The zero-order chi connectivity index (χ0) is 28.0. The number of aromatic amines is 1. The van der Waals surface area contributed by atoms with Crippen molar-refractivity contribution in [1.82, 2.24) is 14.1 Å². The van der Waals surface area contributed by atoms with E-state index in [0.717, 1.165) is 39.6 Å². The highest BCUT2D eigenvalue weighted by atomic mass is 19.4. The van der Waals surface area contributed by atoms with Crippen molar-refractivity contribution in [3.63, 3.8) is 0 Å². The van der Waals surface area contributed by atoms with E-state index < -0.39 is 11.7 Å². The summed E-state index contributed by atoms with van der Waals surface area (Å²) in [6, 6.07) is 19.6. The molecular weight excluding hydrogens is 517 g/mol. The Hall–Kier alpha value is -4.47. The first-order valence-electron chi connectivity index (χ1n) is 13.2. The average molecular weight is 547 g/mol. The molecule has 1 amide bonds. The molecule has 206 valence electrons. The maximum atomic E-state index is 13.5. The second kappa shape index (κ2) is 9.93. The Morgan fingerprint density at radius 2 is 1.77 bits per heavy atom. The van der Waals surface area contributed by atoms with Crippen LogP contribution in [-0.2, 0) is 17.5 Å². The van der Waals surface area contributed by atoms with Gasteiger partial charge in [0, 0.05) is 43.2 Å². The number of carbonyl (C=O) groups is 1. The topological polar surface area (TPSA) is 81.8 Å². The maximum absolute atomic E-state index is 13.5. The monoisotopic (exact) mass is 546 g/mol. The normalized spacial score (nSPS) is 14.8. The van der Waals surface area contributed by atoms with Gasteiger partial charge in [-0.25, -0.2) is 0 Å². The number of rotatable bonds is 5. The third kappa shape index (κ3) is 4.63. The molecule has 0 aliphatic carbocycles. The second-order valence-corrected chi connectivity index (χ2v) is 10.3. The van der Waals surface area contributed by atoms with E-state index in [1.54, 1.807) is 0 Å². The van der Waals surface area contributed by atoms with Crippen molar-refractivity contribution in [3.8, 4) is 0 Å². The van der Waals surface area contributed by atoms with Gasteiger partial charge in [-0.2, -0.15) is 13.2 Å². The molecule has 40 heavy (non-hydrogen) atoms. The van der Waals surface area contributed by atoms with Crippen molar-refractivity contribution in [2.45, 2.75) is 38.5 Å². The van der Waals surface area contributed by atoms with Crippen LogP contribution in [0.5, 0.6) is 0 Å². The van der Waals surface area contributed by atoms with Crippen molar-refractivity contribution in [1.29, 1.82) is 5.41 Å². The third-order valence-corrected chi connectivity index (χ3v) is 7.74. The minimum absolute atomic E-state index is 0.00738. The number of nitrogens with zero attached hydrogens (tertiary/aromatic N) is 3. The number of hydrogen-bond acceptors (Lipinski definition) is 3. The van der Waals surface area contributed by atoms with E-state index in [0.29, 0.717) is 49.5 Å². The van der Waals surface area contributed by atoms with Gasteiger partial charge >= 0.3 is 6.18 Å². The van der Waals surface area contributed by atoms with Crippen molar-refractivity contribution in [2.24, 2.45) is 0 Å². The molecular formula is C30H29F3N6O. The Morgan fingerprint density at radius 1 is 1.02 bits per heavy atom. The van der Waals surface area contributed by atoms with Crippen LogP contribution in [0, 0.1) is 5.41 Å². The number of amides is 1. The van der Waals surface area contributed by atoms with E-state index in [4.69, 9.17) is 0 Å². The van der Waals surface area contributed by atoms with Crippen LogP contribution in [0.25, 0.3) is 21.9 Å². The van der Waals surface area contributed by atoms with Crippen LogP contribution in [0.3, 0.4) is 0 Å². The quantitative estimate of drug-likeness (QED) is 0.243. The predicted octanol–water partition coefficient (Wildman–Crippen LogP) is 6.27. The maximum Gasteiger partial charge on any atom is 0.416 e. The Kier molecular flexibility index (Phi) is 6.40. The molecule has 0 saturated carbocycles. The number of benzene rings is 3. The standard InChI is InChI=1S/C30H29F3N6O/c1-19(40)36-25-10-9-21(30(31,32)33)17-28(25)37-15-12-22(13-16-37)39-27-8-3-2-7-26(27)38(29(39)34)18-20-5-4-6-24-23(20)11-14-35-24/h2-11,14,17,22,34-35H,12-13,15-16,18H2,1H3,(H,36,40). The molecule has 10 heteroatoms. The Morgan fingerprint density at radius 3 is 2.50 bits per heavy atom. The Labute approximate surface area is 228 Å². The zero-order valence-electron chi connectivity index (χ0n) is 21.9. The fraction of sp³-hybridized carbons (Fsp3) is 0.267. The Balaban J connectivity index is 1.31. The first kappa shape index (κ1) is 25.8. The molecule has 3 aromatic carbocycles. The fourth-order valence-corrected chi connectivity index (χ4v) is 5.87. The van der Waals surface area contributed by atoms with Crippen molar-refractivity contribution in [3.05, 3.63) is 89.7 Å². The van der Waals surface area contributed by atoms with Crippen LogP contribution in [-0.4, -0.2) is 33.1 Å². The first-order chi connectivity index (χ1) is 19.2. The summed E-state index contributed by atoms with van der Waals surface area (Å²) in [5.74, 6) is -0.339. The number of H-pyrrole nitrogens is 1. The van der Waals surface area contributed by atoms with Gasteiger partial charge < -0.3 is 24.3 Å². The summed E-state index contributed by atoms with van der Waals surface area (Å²) < 4.78 is 44.6. The van der Waals surface area contributed by atoms with Crippen LogP contribution in [0.4, 0.5) is 24.5 Å². The molecule has 5 aromatic rings. The minimum Gasteiger partial charge on any atom is -0.370 e. The number of imidazole rings is 1. The summed E-state index contributed by atoms with van der Waals surface area (Å²) in [5, 5.41) is 13.0. The number of halogens is 3. The van der Waals surface area contributed by atoms with E-state index in [1.165, 1.54) is 13.0 Å². The van der Waals surface area contributed by atoms with Gasteiger partial charge in [-0.05, 0) is 60.9 Å². The van der Waals surface area contributed by atoms with Gasteiger partial charge in [-0.1, -0.05) is 24.3 Å². The molecule has 2 aromatic heterocycles. The van der Waals surface area contributed by atoms with E-state index in [-0.39, 0.29) is 11.9 Å². The number of anilines is 2. The van der Waals surface area contributed by atoms with Crippen LogP contribution in [0.15, 0.2) is 72.9 Å². The van der Waals surface area contributed by atoms with Gasteiger partial charge in [-0.3, -0.25) is 10.2 Å². The number of para-hydroxylation sites is 2. The third-order valence-electron chi connectivity index (χ3n) is 7.74. The van der Waals surface area contributed by atoms with Crippen LogP contribution in [0.2, 0.25) is 0 Å². The van der Waals surface area contributed by atoms with E-state index >= 15 is 0 Å². The molecule has 0 atom stereocenters.